The Bertz CT molecular complexity index is 1080. The van der Waals surface area contributed by atoms with Crippen molar-refractivity contribution in [1.29, 1.82) is 0 Å². The lowest BCUT2D eigenvalue weighted by Crippen LogP contribution is -2.38. The van der Waals surface area contributed by atoms with Gasteiger partial charge in [0.05, 0.1) is 10.6 Å². The van der Waals surface area contributed by atoms with E-state index in [1.165, 1.54) is 24.3 Å². The monoisotopic (exact) mass is 421 g/mol. The highest BCUT2D eigenvalue weighted by Crippen LogP contribution is 2.25. The van der Waals surface area contributed by atoms with E-state index in [0.29, 0.717) is 37.3 Å². The van der Waals surface area contributed by atoms with E-state index in [-0.39, 0.29) is 23.3 Å². The van der Waals surface area contributed by atoms with Crippen LogP contribution < -0.4 is 10.2 Å². The molecule has 0 unspecified atom stereocenters. The van der Waals surface area contributed by atoms with Crippen molar-refractivity contribution in [3.63, 3.8) is 0 Å². The van der Waals surface area contributed by atoms with Gasteiger partial charge in [-0.05, 0) is 55.3 Å². The Kier molecular flexibility index (Phi) is 5.83. The predicted octanol–water partition coefficient (Wildman–Crippen LogP) is 4.05. The zero-order valence-electron chi connectivity index (χ0n) is 16.6. The summed E-state index contributed by atoms with van der Waals surface area (Å²) in [5, 5.41) is 22.2. The van der Waals surface area contributed by atoms with Gasteiger partial charge in [-0.15, -0.1) is 10.2 Å². The summed E-state index contributed by atoms with van der Waals surface area (Å²) in [5.41, 5.74) is 1.81. The summed E-state index contributed by atoms with van der Waals surface area (Å²) < 4.78 is 13.1. The first-order valence-electron chi connectivity index (χ1n) is 9.89. The first-order valence-corrected chi connectivity index (χ1v) is 9.89. The molecule has 0 radical (unpaired) electrons. The number of carbonyl (C=O) groups excluding carboxylic acids is 1. The van der Waals surface area contributed by atoms with Gasteiger partial charge in [0.25, 0.3) is 5.69 Å². The molecule has 1 aliphatic heterocycles. The molecule has 4 rings (SSSR count). The van der Waals surface area contributed by atoms with Crippen molar-refractivity contribution in [3.8, 4) is 11.3 Å². The number of nitrogens with one attached hydrogen (secondary N) is 1. The SMILES string of the molecule is O=C(Nc1cccc([N+](=O)[O-])c1)C1CCN(c2ccc(-c3ccc(F)cc3)nn2)CC1. The molecule has 1 amide bonds. The van der Waals surface area contributed by atoms with Crippen molar-refractivity contribution in [2.75, 3.05) is 23.3 Å². The summed E-state index contributed by atoms with van der Waals surface area (Å²) >= 11 is 0. The number of aromatic nitrogens is 2. The number of anilines is 2. The maximum atomic E-state index is 13.1. The number of piperidine rings is 1. The van der Waals surface area contributed by atoms with Gasteiger partial charge in [-0.3, -0.25) is 14.9 Å². The molecule has 158 valence electrons. The molecule has 0 aliphatic carbocycles. The van der Waals surface area contributed by atoms with E-state index in [0.717, 1.165) is 11.4 Å². The van der Waals surface area contributed by atoms with Crippen LogP contribution in [0.2, 0.25) is 0 Å². The van der Waals surface area contributed by atoms with Crippen molar-refractivity contribution in [2.45, 2.75) is 12.8 Å². The van der Waals surface area contributed by atoms with Gasteiger partial charge in [0.15, 0.2) is 5.82 Å². The zero-order chi connectivity index (χ0) is 21.8. The number of nitrogens with zero attached hydrogens (tertiary/aromatic N) is 4. The first-order chi connectivity index (χ1) is 15.0. The summed E-state index contributed by atoms with van der Waals surface area (Å²) in [6.07, 6.45) is 1.28. The van der Waals surface area contributed by atoms with E-state index in [2.05, 4.69) is 20.4 Å². The van der Waals surface area contributed by atoms with E-state index in [9.17, 15) is 19.3 Å². The molecule has 0 atom stereocenters. The second-order valence-electron chi connectivity index (χ2n) is 7.34. The van der Waals surface area contributed by atoms with E-state index in [4.69, 9.17) is 0 Å². The van der Waals surface area contributed by atoms with E-state index < -0.39 is 4.92 Å². The van der Waals surface area contributed by atoms with Gasteiger partial charge in [0.2, 0.25) is 5.91 Å². The summed E-state index contributed by atoms with van der Waals surface area (Å²) in [5.74, 6) is 0.106. The lowest BCUT2D eigenvalue weighted by Gasteiger charge is -2.31. The van der Waals surface area contributed by atoms with Crippen LogP contribution in [0, 0.1) is 21.8 Å². The molecule has 0 bridgehead atoms. The third-order valence-electron chi connectivity index (χ3n) is 5.30. The van der Waals surface area contributed by atoms with Crippen LogP contribution in [0.4, 0.5) is 21.6 Å². The molecule has 9 heteroatoms. The lowest BCUT2D eigenvalue weighted by molar-refractivity contribution is -0.384. The number of nitro groups is 1. The van der Waals surface area contributed by atoms with Gasteiger partial charge in [-0.1, -0.05) is 6.07 Å². The highest BCUT2D eigenvalue weighted by Gasteiger charge is 2.26. The van der Waals surface area contributed by atoms with Crippen molar-refractivity contribution < 1.29 is 14.1 Å². The Morgan fingerprint density at radius 3 is 2.45 bits per heavy atom. The average molecular weight is 421 g/mol. The van der Waals surface area contributed by atoms with Crippen molar-refractivity contribution in [1.82, 2.24) is 10.2 Å². The van der Waals surface area contributed by atoms with Crippen molar-refractivity contribution in [2.24, 2.45) is 5.92 Å². The number of hydrogen-bond donors (Lipinski definition) is 1. The summed E-state index contributed by atoms with van der Waals surface area (Å²) in [6.45, 7) is 1.30. The normalized spacial score (nSPS) is 14.3. The molecule has 0 saturated carbocycles. The summed E-state index contributed by atoms with van der Waals surface area (Å²) in [6, 6.07) is 15.7. The second-order valence-corrected chi connectivity index (χ2v) is 7.34. The average Bonchev–Trinajstić information content (AvgIpc) is 2.80. The fourth-order valence-corrected chi connectivity index (χ4v) is 3.58. The van der Waals surface area contributed by atoms with Crippen molar-refractivity contribution in [3.05, 3.63) is 76.6 Å². The maximum absolute atomic E-state index is 13.1. The fourth-order valence-electron chi connectivity index (χ4n) is 3.58. The molecule has 1 aromatic heterocycles. The molecule has 3 aromatic rings. The Morgan fingerprint density at radius 1 is 1.06 bits per heavy atom. The molecule has 0 spiro atoms. The lowest BCUT2D eigenvalue weighted by atomic mass is 9.95. The van der Waals surface area contributed by atoms with Gasteiger partial charge in [-0.25, -0.2) is 4.39 Å². The molecular weight excluding hydrogens is 401 g/mol. The number of benzene rings is 2. The number of halogens is 1. The minimum absolute atomic E-state index is 0.0599. The number of rotatable bonds is 5. The van der Waals surface area contributed by atoms with E-state index >= 15 is 0 Å². The van der Waals surface area contributed by atoms with E-state index in [1.54, 1.807) is 24.3 Å². The largest absolute Gasteiger partial charge is 0.355 e. The predicted molar refractivity (Wildman–Crippen MR) is 114 cm³/mol. The molecule has 2 aromatic carbocycles. The number of carbonyl (C=O) groups is 1. The van der Waals surface area contributed by atoms with Crippen molar-refractivity contribution >= 4 is 23.1 Å². The van der Waals surface area contributed by atoms with E-state index in [1.807, 2.05) is 12.1 Å². The third kappa shape index (κ3) is 4.82. The molecule has 8 nitrogen and oxygen atoms in total. The number of amides is 1. The topological polar surface area (TPSA) is 101 Å². The minimum Gasteiger partial charge on any atom is -0.355 e. The molecule has 1 saturated heterocycles. The standard InChI is InChI=1S/C22H20FN5O3/c23-17-6-4-15(5-7-17)20-8-9-21(26-25-20)27-12-10-16(11-13-27)22(29)24-18-2-1-3-19(14-18)28(30)31/h1-9,14,16H,10-13H2,(H,24,29). The highest BCUT2D eigenvalue weighted by atomic mass is 19.1. The molecule has 2 heterocycles. The van der Waals surface area contributed by atoms with Crippen LogP contribution in [0.15, 0.2) is 60.7 Å². The van der Waals surface area contributed by atoms with Gasteiger partial charge < -0.3 is 10.2 Å². The first kappa shape index (κ1) is 20.4. The Hall–Kier alpha value is -3.88. The smallest absolute Gasteiger partial charge is 0.271 e. The maximum Gasteiger partial charge on any atom is 0.271 e. The van der Waals surface area contributed by atoms with Crippen LogP contribution in [0.1, 0.15) is 12.8 Å². The zero-order valence-corrected chi connectivity index (χ0v) is 16.6. The molecular formula is C22H20FN5O3. The molecule has 31 heavy (non-hydrogen) atoms. The number of hydrogen-bond acceptors (Lipinski definition) is 6. The Morgan fingerprint density at radius 2 is 1.81 bits per heavy atom. The molecule has 1 aliphatic rings. The van der Waals surface area contributed by atoms with Gasteiger partial charge in [0, 0.05) is 42.4 Å². The third-order valence-corrected chi connectivity index (χ3v) is 5.30. The Balaban J connectivity index is 1.34. The number of nitro benzene ring substituents is 1. The molecule has 1 N–H and O–H groups in total. The van der Waals surface area contributed by atoms with Gasteiger partial charge >= 0.3 is 0 Å². The van der Waals surface area contributed by atoms with Crippen LogP contribution in [-0.2, 0) is 4.79 Å². The summed E-state index contributed by atoms with van der Waals surface area (Å²) in [4.78, 5) is 25.0. The van der Waals surface area contributed by atoms with Gasteiger partial charge in [-0.2, -0.15) is 0 Å². The summed E-state index contributed by atoms with van der Waals surface area (Å²) in [7, 11) is 0. The van der Waals surface area contributed by atoms with Crippen LogP contribution >= 0.6 is 0 Å². The van der Waals surface area contributed by atoms with Crippen LogP contribution in [0.25, 0.3) is 11.3 Å². The number of non-ortho nitro benzene ring substituents is 1. The van der Waals surface area contributed by atoms with Gasteiger partial charge in [0.1, 0.15) is 5.82 Å². The Labute approximate surface area is 177 Å². The highest BCUT2D eigenvalue weighted by molar-refractivity contribution is 5.93. The molecule has 1 fully saturated rings. The quantitative estimate of drug-likeness (QED) is 0.493. The second kappa shape index (κ2) is 8.86. The van der Waals surface area contributed by atoms with Crippen LogP contribution in [0.5, 0.6) is 0 Å². The van der Waals surface area contributed by atoms with Crippen LogP contribution in [0.3, 0.4) is 0 Å². The minimum atomic E-state index is -0.490. The fraction of sp³-hybridized carbons (Fsp3) is 0.227. The van der Waals surface area contributed by atoms with Crippen LogP contribution in [-0.4, -0.2) is 34.1 Å².